The maximum Gasteiger partial charge on any atom is 0.246 e. The summed E-state index contributed by atoms with van der Waals surface area (Å²) in [5.74, 6) is -0.490. The Morgan fingerprint density at radius 3 is 1.10 bits per heavy atom. The van der Waals surface area contributed by atoms with E-state index in [-0.39, 0.29) is 63.1 Å². The Kier molecular flexibility index (Phi) is 43.9. The van der Waals surface area contributed by atoms with Gasteiger partial charge in [-0.2, -0.15) is 0 Å². The maximum absolute atomic E-state index is 12.0. The number of carbonyl (C=O) groups excluding carboxylic acids is 4. The first-order chi connectivity index (χ1) is 25.0. The van der Waals surface area contributed by atoms with Gasteiger partial charge in [-0.05, 0) is 26.3 Å². The van der Waals surface area contributed by atoms with Crippen LogP contribution in [0.15, 0.2) is 0 Å². The zero-order chi connectivity index (χ0) is 37.9. The average Bonchev–Trinajstić information content (AvgIpc) is 3.12. The van der Waals surface area contributed by atoms with E-state index in [1.807, 2.05) is 13.8 Å². The van der Waals surface area contributed by atoms with Gasteiger partial charge in [-0.25, -0.2) is 0 Å². The highest BCUT2D eigenvalue weighted by Gasteiger charge is 2.04. The fourth-order valence-electron chi connectivity index (χ4n) is 4.56. The van der Waals surface area contributed by atoms with Gasteiger partial charge in [0.15, 0.2) is 5.78 Å². The number of nitrogens with two attached hydrogens (primary N) is 1. The minimum Gasteiger partial charge on any atom is -0.377 e. The van der Waals surface area contributed by atoms with Crippen molar-refractivity contribution in [2.75, 3.05) is 105 Å². The van der Waals surface area contributed by atoms with Gasteiger partial charge < -0.3 is 50.1 Å². The molecular weight excluding hydrogens is 660 g/mol. The van der Waals surface area contributed by atoms with Crippen molar-refractivity contribution in [3.8, 4) is 0 Å². The number of amides is 3. The highest BCUT2D eigenvalue weighted by atomic mass is 16.5. The molecule has 0 aromatic heterocycles. The maximum atomic E-state index is 12.0. The molecule has 302 valence electrons. The van der Waals surface area contributed by atoms with Crippen LogP contribution in [0.4, 0.5) is 0 Å². The third-order valence-electron chi connectivity index (χ3n) is 7.20. The van der Waals surface area contributed by atoms with Gasteiger partial charge in [-0.3, -0.25) is 19.2 Å². The number of rotatable bonds is 39. The lowest BCUT2D eigenvalue weighted by molar-refractivity contribution is -0.127. The minimum absolute atomic E-state index is 0.0390. The predicted octanol–water partition coefficient (Wildman–Crippen LogP) is 3.47. The number of Topliss-reactive ketones (excluding diaryl/α,β-unsaturated/α-hetero) is 1. The number of unbranched alkanes of at least 4 members (excludes halogenated alkanes) is 12. The largest absolute Gasteiger partial charge is 0.377 e. The van der Waals surface area contributed by atoms with Crippen LogP contribution >= 0.6 is 0 Å². The van der Waals surface area contributed by atoms with Crippen molar-refractivity contribution in [1.82, 2.24) is 16.0 Å². The molecule has 0 aliphatic heterocycles. The molecule has 14 nitrogen and oxygen atoms in total. The molecule has 0 heterocycles. The monoisotopic (exact) mass is 735 g/mol. The second-order valence-electron chi connectivity index (χ2n) is 11.9. The van der Waals surface area contributed by atoms with Crippen LogP contribution in [-0.4, -0.2) is 129 Å². The predicted molar refractivity (Wildman–Crippen MR) is 200 cm³/mol. The van der Waals surface area contributed by atoms with Crippen LogP contribution in [0.5, 0.6) is 0 Å². The third-order valence-corrected chi connectivity index (χ3v) is 7.20. The van der Waals surface area contributed by atoms with E-state index >= 15 is 0 Å². The molecule has 14 heteroatoms. The first kappa shape index (κ1) is 50.9. The van der Waals surface area contributed by atoms with E-state index in [9.17, 15) is 19.2 Å². The van der Waals surface area contributed by atoms with E-state index in [1.54, 1.807) is 0 Å². The first-order valence-electron chi connectivity index (χ1n) is 19.4. The summed E-state index contributed by atoms with van der Waals surface area (Å²) in [6, 6.07) is 0. The SMILES string of the molecule is CC.CC(=O)COCCOCCNC(=O)COCCOCCNC(=O)COCCOCCNC(=O)CCCCCCCCCCCCCCCN. The molecule has 0 aliphatic rings. The Morgan fingerprint density at radius 1 is 0.412 bits per heavy atom. The van der Waals surface area contributed by atoms with Gasteiger partial charge in [0.2, 0.25) is 17.7 Å². The Hall–Kier alpha value is -2.20. The Bertz CT molecular complexity index is 792. The van der Waals surface area contributed by atoms with Crippen molar-refractivity contribution in [2.24, 2.45) is 5.73 Å². The second kappa shape index (κ2) is 44.0. The standard InChI is InChI=1S/C35H68N4O10.C2H6/c1-32(40)29-47-26-23-45-21-18-38-34(42)31-49-28-25-46-22-19-39-35(43)30-48-27-24-44-20-17-37-33(41)15-13-11-9-7-5-3-2-4-6-8-10-12-14-16-36;1-2/h2-31,36H2,1H3,(H,37,41)(H,38,42)(H,39,43);1-2H3. The number of nitrogens with one attached hydrogen (secondary N) is 3. The quantitative estimate of drug-likeness (QED) is 0.0678. The average molecular weight is 735 g/mol. The second-order valence-corrected chi connectivity index (χ2v) is 11.9. The van der Waals surface area contributed by atoms with E-state index < -0.39 is 0 Å². The smallest absolute Gasteiger partial charge is 0.246 e. The number of carbonyl (C=O) groups is 4. The normalized spacial score (nSPS) is 10.7. The van der Waals surface area contributed by atoms with Crippen LogP contribution in [0, 0.1) is 0 Å². The molecule has 0 unspecified atom stereocenters. The van der Waals surface area contributed by atoms with E-state index in [2.05, 4.69) is 16.0 Å². The number of ketones is 1. The zero-order valence-electron chi connectivity index (χ0n) is 32.4. The number of hydrogen-bond acceptors (Lipinski definition) is 11. The molecule has 3 amide bonds. The van der Waals surface area contributed by atoms with Crippen molar-refractivity contribution in [2.45, 2.75) is 111 Å². The fraction of sp³-hybridized carbons (Fsp3) is 0.892. The van der Waals surface area contributed by atoms with Crippen molar-refractivity contribution in [3.63, 3.8) is 0 Å². The van der Waals surface area contributed by atoms with Crippen LogP contribution in [0.3, 0.4) is 0 Å². The summed E-state index contributed by atoms with van der Waals surface area (Å²) in [5.41, 5.74) is 5.52. The lowest BCUT2D eigenvalue weighted by Crippen LogP contribution is -2.32. The molecule has 0 fully saturated rings. The summed E-state index contributed by atoms with van der Waals surface area (Å²) in [4.78, 5) is 46.2. The molecular formula is C37H74N4O10. The van der Waals surface area contributed by atoms with Crippen molar-refractivity contribution >= 4 is 23.5 Å². The third kappa shape index (κ3) is 45.8. The zero-order valence-corrected chi connectivity index (χ0v) is 32.4. The van der Waals surface area contributed by atoms with Gasteiger partial charge >= 0.3 is 0 Å². The molecule has 0 atom stereocenters. The molecule has 0 rings (SSSR count). The van der Waals surface area contributed by atoms with Gasteiger partial charge in [0.25, 0.3) is 0 Å². The van der Waals surface area contributed by atoms with E-state index in [1.165, 1.54) is 71.1 Å². The van der Waals surface area contributed by atoms with Crippen LogP contribution in [-0.2, 0) is 47.6 Å². The molecule has 0 aromatic rings. The number of hydrogen-bond donors (Lipinski definition) is 4. The number of ether oxygens (including phenoxy) is 6. The lowest BCUT2D eigenvalue weighted by atomic mass is 10.0. The fourth-order valence-corrected chi connectivity index (χ4v) is 4.56. The van der Waals surface area contributed by atoms with Gasteiger partial charge in [-0.15, -0.1) is 0 Å². The van der Waals surface area contributed by atoms with Crippen LogP contribution in [0.1, 0.15) is 111 Å². The van der Waals surface area contributed by atoms with E-state index in [0.717, 1.165) is 25.8 Å². The highest BCUT2D eigenvalue weighted by molar-refractivity contribution is 5.77. The Morgan fingerprint density at radius 2 is 0.725 bits per heavy atom. The minimum atomic E-state index is -0.260. The Balaban J connectivity index is 0. The molecule has 0 aliphatic carbocycles. The van der Waals surface area contributed by atoms with Crippen LogP contribution < -0.4 is 21.7 Å². The molecule has 0 spiro atoms. The van der Waals surface area contributed by atoms with Gasteiger partial charge in [0, 0.05) is 26.1 Å². The molecule has 0 aromatic carbocycles. The summed E-state index contributed by atoms with van der Waals surface area (Å²) in [5, 5.41) is 8.24. The Labute approximate surface area is 308 Å². The van der Waals surface area contributed by atoms with Gasteiger partial charge in [0.05, 0.1) is 59.5 Å². The topological polar surface area (TPSA) is 186 Å². The molecule has 0 bridgehead atoms. The highest BCUT2D eigenvalue weighted by Crippen LogP contribution is 2.12. The van der Waals surface area contributed by atoms with Crippen LogP contribution in [0.2, 0.25) is 0 Å². The summed E-state index contributed by atoms with van der Waals surface area (Å²) in [6.07, 6.45) is 16.8. The first-order valence-corrected chi connectivity index (χ1v) is 19.4. The van der Waals surface area contributed by atoms with E-state index in [0.29, 0.717) is 65.7 Å². The summed E-state index contributed by atoms with van der Waals surface area (Å²) >= 11 is 0. The summed E-state index contributed by atoms with van der Waals surface area (Å²) in [7, 11) is 0. The molecule has 5 N–H and O–H groups in total. The van der Waals surface area contributed by atoms with E-state index in [4.69, 9.17) is 34.2 Å². The molecule has 0 saturated heterocycles. The van der Waals surface area contributed by atoms with Gasteiger partial charge in [0.1, 0.15) is 19.8 Å². The van der Waals surface area contributed by atoms with Crippen LogP contribution in [0.25, 0.3) is 0 Å². The van der Waals surface area contributed by atoms with Crippen molar-refractivity contribution in [1.29, 1.82) is 0 Å². The van der Waals surface area contributed by atoms with Gasteiger partial charge in [-0.1, -0.05) is 84.5 Å². The molecule has 51 heavy (non-hydrogen) atoms. The molecule has 0 radical (unpaired) electrons. The van der Waals surface area contributed by atoms with Crippen molar-refractivity contribution in [3.05, 3.63) is 0 Å². The summed E-state index contributed by atoms with van der Waals surface area (Å²) in [6.45, 7) is 10.2. The lowest BCUT2D eigenvalue weighted by Gasteiger charge is -2.09. The summed E-state index contributed by atoms with van der Waals surface area (Å²) < 4.78 is 31.7. The molecule has 0 saturated carbocycles. The van der Waals surface area contributed by atoms with Crippen molar-refractivity contribution < 1.29 is 47.6 Å².